The van der Waals surface area contributed by atoms with Crippen molar-refractivity contribution in [3.63, 3.8) is 0 Å². The van der Waals surface area contributed by atoms with Gasteiger partial charge in [-0.25, -0.2) is 13.6 Å². The van der Waals surface area contributed by atoms with Crippen molar-refractivity contribution in [1.29, 1.82) is 0 Å². The van der Waals surface area contributed by atoms with Gasteiger partial charge in [-0.05, 0) is 24.3 Å². The van der Waals surface area contributed by atoms with Crippen molar-refractivity contribution in [3.05, 3.63) is 48.4 Å². The fourth-order valence-electron chi connectivity index (χ4n) is 2.02. The van der Waals surface area contributed by atoms with E-state index in [1.807, 2.05) is 0 Å². The number of ether oxygens (including phenoxy) is 2. The molecule has 0 bridgehead atoms. The van der Waals surface area contributed by atoms with Crippen molar-refractivity contribution in [2.75, 3.05) is 25.6 Å². The number of amides is 2. The van der Waals surface area contributed by atoms with Crippen LogP contribution in [0.25, 0.3) is 0 Å². The Labute approximate surface area is 137 Å². The number of benzene rings is 1. The average molecular weight is 340 g/mol. The second-order valence-electron chi connectivity index (χ2n) is 4.82. The molecule has 0 saturated carbocycles. The molecular formula is C16H18F2N2O4. The third kappa shape index (κ3) is 5.24. The van der Waals surface area contributed by atoms with Crippen LogP contribution in [0.1, 0.15) is 11.8 Å². The smallest absolute Gasteiger partial charge is 0.320 e. The van der Waals surface area contributed by atoms with Gasteiger partial charge in [-0.15, -0.1) is 0 Å². The van der Waals surface area contributed by atoms with Crippen LogP contribution in [0, 0.1) is 0 Å². The second kappa shape index (κ2) is 8.88. The van der Waals surface area contributed by atoms with E-state index in [0.29, 0.717) is 5.76 Å². The summed E-state index contributed by atoms with van der Waals surface area (Å²) < 4.78 is 39.9. The van der Waals surface area contributed by atoms with E-state index >= 15 is 0 Å². The molecule has 1 atom stereocenters. The molecule has 0 aliphatic heterocycles. The minimum absolute atomic E-state index is 0.161. The molecule has 0 spiro atoms. The van der Waals surface area contributed by atoms with Crippen molar-refractivity contribution in [2.24, 2.45) is 0 Å². The molecule has 24 heavy (non-hydrogen) atoms. The predicted molar refractivity (Wildman–Crippen MR) is 83.4 cm³/mol. The van der Waals surface area contributed by atoms with Crippen molar-refractivity contribution in [3.8, 4) is 5.75 Å². The maximum absolute atomic E-state index is 12.3. The third-order valence-corrected chi connectivity index (χ3v) is 3.03. The Morgan fingerprint density at radius 3 is 2.67 bits per heavy atom. The molecule has 0 radical (unpaired) electrons. The zero-order valence-electron chi connectivity index (χ0n) is 13.0. The van der Waals surface area contributed by atoms with Crippen LogP contribution >= 0.6 is 0 Å². The van der Waals surface area contributed by atoms with Crippen LogP contribution in [0.5, 0.6) is 5.75 Å². The number of urea groups is 1. The monoisotopic (exact) mass is 340 g/mol. The number of hydrogen-bond acceptors (Lipinski definition) is 4. The summed E-state index contributed by atoms with van der Waals surface area (Å²) in [7, 11) is 1.50. The summed E-state index contributed by atoms with van der Waals surface area (Å²) >= 11 is 0. The van der Waals surface area contributed by atoms with E-state index in [4.69, 9.17) is 13.9 Å². The number of rotatable bonds is 8. The van der Waals surface area contributed by atoms with E-state index < -0.39 is 25.1 Å². The van der Waals surface area contributed by atoms with E-state index in [-0.39, 0.29) is 18.0 Å². The number of para-hydroxylation sites is 2. The zero-order valence-corrected chi connectivity index (χ0v) is 13.0. The zero-order chi connectivity index (χ0) is 17.4. The van der Waals surface area contributed by atoms with E-state index in [1.165, 1.54) is 19.4 Å². The summed E-state index contributed by atoms with van der Waals surface area (Å²) in [5, 5.41) is 5.26. The number of methoxy groups -OCH3 is 1. The van der Waals surface area contributed by atoms with Gasteiger partial charge in [-0.3, -0.25) is 0 Å². The Bertz CT molecular complexity index is 635. The molecular weight excluding hydrogens is 322 g/mol. The first-order chi connectivity index (χ1) is 11.6. The van der Waals surface area contributed by atoms with Crippen molar-refractivity contribution in [2.45, 2.75) is 12.5 Å². The number of hydrogen-bond donors (Lipinski definition) is 2. The molecule has 0 fully saturated rings. The molecule has 2 aromatic rings. The molecule has 1 heterocycles. The first-order valence-corrected chi connectivity index (χ1v) is 7.20. The van der Waals surface area contributed by atoms with Gasteiger partial charge in [-0.1, -0.05) is 12.1 Å². The van der Waals surface area contributed by atoms with E-state index in [1.54, 1.807) is 30.3 Å². The molecule has 0 unspecified atom stereocenters. The van der Waals surface area contributed by atoms with Crippen molar-refractivity contribution in [1.82, 2.24) is 5.32 Å². The fourth-order valence-corrected chi connectivity index (χ4v) is 2.02. The molecule has 6 nitrogen and oxygen atoms in total. The minimum Gasteiger partial charge on any atom is -0.485 e. The van der Waals surface area contributed by atoms with Crippen LogP contribution in [-0.2, 0) is 4.74 Å². The van der Waals surface area contributed by atoms with Gasteiger partial charge in [0.05, 0.1) is 18.6 Å². The molecule has 0 aliphatic carbocycles. The predicted octanol–water partition coefficient (Wildman–Crippen LogP) is 3.43. The summed E-state index contributed by atoms with van der Waals surface area (Å²) in [6, 6.07) is 8.72. The van der Waals surface area contributed by atoms with E-state index in [9.17, 15) is 13.6 Å². The van der Waals surface area contributed by atoms with Crippen LogP contribution in [0.3, 0.4) is 0 Å². The molecule has 2 N–H and O–H groups in total. The van der Waals surface area contributed by atoms with Crippen LogP contribution < -0.4 is 15.4 Å². The normalized spacial score (nSPS) is 12.0. The van der Waals surface area contributed by atoms with Crippen LogP contribution in [0.4, 0.5) is 19.3 Å². The standard InChI is InChI=1S/C16H18F2N2O4/c1-22-9-12(14-7-4-8-23-14)20-16(21)19-11-5-2-3-6-13(11)24-10-15(17)18/h2-8,12,15H,9-10H2,1H3,(H2,19,20,21)/t12-/m0/s1. The third-order valence-electron chi connectivity index (χ3n) is 3.03. The fraction of sp³-hybridized carbons (Fsp3) is 0.312. The summed E-state index contributed by atoms with van der Waals surface area (Å²) in [5.74, 6) is 0.698. The lowest BCUT2D eigenvalue weighted by atomic mass is 10.2. The number of halogens is 2. The van der Waals surface area contributed by atoms with Crippen LogP contribution in [-0.4, -0.2) is 32.8 Å². The molecule has 8 heteroatoms. The summed E-state index contributed by atoms with van der Waals surface area (Å²) in [6.07, 6.45) is -1.11. The highest BCUT2D eigenvalue weighted by molar-refractivity contribution is 5.91. The first-order valence-electron chi connectivity index (χ1n) is 7.20. The minimum atomic E-state index is -2.60. The van der Waals surface area contributed by atoms with Gasteiger partial charge in [0.1, 0.15) is 24.2 Å². The highest BCUT2D eigenvalue weighted by atomic mass is 19.3. The number of nitrogens with one attached hydrogen (secondary N) is 2. The molecule has 0 saturated heterocycles. The lowest BCUT2D eigenvalue weighted by Gasteiger charge is -2.17. The highest BCUT2D eigenvalue weighted by Gasteiger charge is 2.18. The van der Waals surface area contributed by atoms with E-state index in [0.717, 1.165) is 0 Å². The summed E-state index contributed by atoms with van der Waals surface area (Å²) in [5.41, 5.74) is 0.284. The maximum atomic E-state index is 12.3. The average Bonchev–Trinajstić information content (AvgIpc) is 3.08. The number of anilines is 1. The van der Waals surface area contributed by atoms with Crippen LogP contribution in [0.2, 0.25) is 0 Å². The SMILES string of the molecule is COC[C@H](NC(=O)Nc1ccccc1OCC(F)F)c1ccco1. The Morgan fingerprint density at radius 1 is 1.21 bits per heavy atom. The first kappa shape index (κ1) is 17.7. The van der Waals surface area contributed by atoms with E-state index in [2.05, 4.69) is 10.6 Å². The molecule has 2 rings (SSSR count). The highest BCUT2D eigenvalue weighted by Crippen LogP contribution is 2.24. The molecule has 130 valence electrons. The number of carbonyl (C=O) groups excluding carboxylic acids is 1. The molecule has 1 aromatic heterocycles. The largest absolute Gasteiger partial charge is 0.485 e. The molecule has 0 aliphatic rings. The molecule has 2 amide bonds. The van der Waals surface area contributed by atoms with Crippen molar-refractivity contribution >= 4 is 11.7 Å². The van der Waals surface area contributed by atoms with Gasteiger partial charge >= 0.3 is 6.03 Å². The lowest BCUT2D eigenvalue weighted by molar-refractivity contribution is 0.0822. The second-order valence-corrected chi connectivity index (χ2v) is 4.82. The summed E-state index contributed by atoms with van der Waals surface area (Å²) in [6.45, 7) is -0.538. The quantitative estimate of drug-likeness (QED) is 0.772. The number of alkyl halides is 2. The van der Waals surface area contributed by atoms with Gasteiger partial charge in [0.15, 0.2) is 0 Å². The van der Waals surface area contributed by atoms with Gasteiger partial charge in [0.2, 0.25) is 0 Å². The Balaban J connectivity index is 2.01. The topological polar surface area (TPSA) is 72.7 Å². The van der Waals surface area contributed by atoms with Crippen molar-refractivity contribution < 1.29 is 27.5 Å². The van der Waals surface area contributed by atoms with Gasteiger partial charge in [0, 0.05) is 7.11 Å². The number of furan rings is 1. The lowest BCUT2D eigenvalue weighted by Crippen LogP contribution is -2.34. The van der Waals surface area contributed by atoms with Gasteiger partial charge < -0.3 is 24.5 Å². The molecule has 1 aromatic carbocycles. The Hall–Kier alpha value is -2.61. The van der Waals surface area contributed by atoms with Gasteiger partial charge in [-0.2, -0.15) is 0 Å². The Morgan fingerprint density at radius 2 is 2.00 bits per heavy atom. The summed E-state index contributed by atoms with van der Waals surface area (Å²) in [4.78, 5) is 12.2. The van der Waals surface area contributed by atoms with Gasteiger partial charge in [0.25, 0.3) is 6.43 Å². The van der Waals surface area contributed by atoms with Crippen LogP contribution in [0.15, 0.2) is 47.1 Å². The number of carbonyl (C=O) groups is 1. The maximum Gasteiger partial charge on any atom is 0.320 e. The Kier molecular flexibility index (Phi) is 6.56.